The van der Waals surface area contributed by atoms with Crippen LogP contribution in [-0.2, 0) is 4.79 Å². The fourth-order valence-corrected chi connectivity index (χ4v) is 2.12. The lowest BCUT2D eigenvalue weighted by Crippen LogP contribution is -2.30. The van der Waals surface area contributed by atoms with Crippen molar-refractivity contribution in [2.45, 2.75) is 20.0 Å². The van der Waals surface area contributed by atoms with Crippen molar-refractivity contribution in [1.82, 2.24) is 0 Å². The lowest BCUT2D eigenvalue weighted by Gasteiger charge is -2.17. The second kappa shape index (κ2) is 7.18. The second-order valence-corrected chi connectivity index (χ2v) is 5.30. The van der Waals surface area contributed by atoms with Gasteiger partial charge in [0.05, 0.1) is 12.8 Å². The molecule has 5 heteroatoms. The van der Waals surface area contributed by atoms with E-state index >= 15 is 0 Å². The number of carbonyl (C=O) groups excluding carboxylic acids is 1. The first kappa shape index (κ1) is 16.2. The van der Waals surface area contributed by atoms with Gasteiger partial charge < -0.3 is 14.8 Å². The minimum Gasteiger partial charge on any atom is -0.495 e. The van der Waals surface area contributed by atoms with E-state index in [1.54, 1.807) is 25.1 Å². The molecule has 1 amide bonds. The normalized spacial score (nSPS) is 11.6. The van der Waals surface area contributed by atoms with Crippen molar-refractivity contribution in [1.29, 1.82) is 0 Å². The molecule has 0 saturated heterocycles. The summed E-state index contributed by atoms with van der Waals surface area (Å²) in [6.45, 7) is 3.62. The van der Waals surface area contributed by atoms with Crippen molar-refractivity contribution in [2.75, 3.05) is 12.4 Å². The molecule has 0 aliphatic heterocycles. The SMILES string of the molecule is COc1ccc(Cl)cc1NC(=O)[C@@H](C)Oc1ccccc1C. The van der Waals surface area contributed by atoms with Gasteiger partial charge in [-0.25, -0.2) is 0 Å². The number of methoxy groups -OCH3 is 1. The molecular weight excluding hydrogens is 302 g/mol. The van der Waals surface area contributed by atoms with Gasteiger partial charge in [-0.1, -0.05) is 29.8 Å². The van der Waals surface area contributed by atoms with Crippen LogP contribution in [-0.4, -0.2) is 19.1 Å². The molecule has 0 spiro atoms. The second-order valence-electron chi connectivity index (χ2n) is 4.86. The number of aryl methyl sites for hydroxylation is 1. The molecule has 4 nitrogen and oxygen atoms in total. The highest BCUT2D eigenvalue weighted by molar-refractivity contribution is 6.31. The number of nitrogens with one attached hydrogen (secondary N) is 1. The highest BCUT2D eigenvalue weighted by Gasteiger charge is 2.17. The summed E-state index contributed by atoms with van der Waals surface area (Å²) >= 11 is 5.95. The summed E-state index contributed by atoms with van der Waals surface area (Å²) in [6, 6.07) is 12.6. The topological polar surface area (TPSA) is 47.6 Å². The predicted molar refractivity (Wildman–Crippen MR) is 87.9 cm³/mol. The van der Waals surface area contributed by atoms with Crippen LogP contribution < -0.4 is 14.8 Å². The molecule has 0 aliphatic carbocycles. The van der Waals surface area contributed by atoms with Gasteiger partial charge in [0.1, 0.15) is 11.5 Å². The number of halogens is 1. The number of amides is 1. The Kier molecular flexibility index (Phi) is 5.28. The number of carbonyl (C=O) groups is 1. The van der Waals surface area contributed by atoms with E-state index in [0.717, 1.165) is 5.56 Å². The maximum atomic E-state index is 12.3. The molecule has 0 unspecified atom stereocenters. The third-order valence-corrected chi connectivity index (χ3v) is 3.42. The van der Waals surface area contributed by atoms with E-state index in [-0.39, 0.29) is 5.91 Å². The average Bonchev–Trinajstić information content (AvgIpc) is 2.49. The summed E-state index contributed by atoms with van der Waals surface area (Å²) in [6.07, 6.45) is -0.648. The molecule has 2 aromatic rings. The lowest BCUT2D eigenvalue weighted by molar-refractivity contribution is -0.122. The fraction of sp³-hybridized carbons (Fsp3) is 0.235. The van der Waals surface area contributed by atoms with Crippen LogP contribution in [0, 0.1) is 6.92 Å². The van der Waals surface area contributed by atoms with Gasteiger partial charge in [-0.3, -0.25) is 4.79 Å². The summed E-state index contributed by atoms with van der Waals surface area (Å²) in [5.74, 6) is 0.952. The van der Waals surface area contributed by atoms with Gasteiger partial charge in [-0.05, 0) is 43.7 Å². The van der Waals surface area contributed by atoms with E-state index in [4.69, 9.17) is 21.1 Å². The molecular formula is C17H18ClNO3. The average molecular weight is 320 g/mol. The summed E-state index contributed by atoms with van der Waals surface area (Å²) in [5.41, 5.74) is 1.49. The van der Waals surface area contributed by atoms with Crippen LogP contribution in [0.4, 0.5) is 5.69 Å². The van der Waals surface area contributed by atoms with Crippen molar-refractivity contribution < 1.29 is 14.3 Å². The Morgan fingerprint density at radius 1 is 1.18 bits per heavy atom. The van der Waals surface area contributed by atoms with Crippen LogP contribution in [0.2, 0.25) is 5.02 Å². The van der Waals surface area contributed by atoms with Gasteiger partial charge >= 0.3 is 0 Å². The molecule has 0 aromatic heterocycles. The van der Waals surface area contributed by atoms with E-state index in [1.165, 1.54) is 7.11 Å². The third-order valence-electron chi connectivity index (χ3n) is 3.19. The van der Waals surface area contributed by atoms with Crippen molar-refractivity contribution in [3.05, 3.63) is 53.1 Å². The van der Waals surface area contributed by atoms with Gasteiger partial charge in [-0.2, -0.15) is 0 Å². The minimum absolute atomic E-state index is 0.274. The van der Waals surface area contributed by atoms with Crippen LogP contribution in [0.1, 0.15) is 12.5 Å². The molecule has 0 bridgehead atoms. The minimum atomic E-state index is -0.648. The molecule has 116 valence electrons. The number of ether oxygens (including phenoxy) is 2. The van der Waals surface area contributed by atoms with Crippen LogP contribution in [0.3, 0.4) is 0 Å². The first-order chi connectivity index (χ1) is 10.5. The fourth-order valence-electron chi connectivity index (χ4n) is 1.94. The number of hydrogen-bond donors (Lipinski definition) is 1. The number of benzene rings is 2. The van der Waals surface area contributed by atoms with Crippen molar-refractivity contribution >= 4 is 23.2 Å². The van der Waals surface area contributed by atoms with Gasteiger partial charge in [0.2, 0.25) is 0 Å². The summed E-state index contributed by atoms with van der Waals surface area (Å²) in [5, 5.41) is 3.29. The van der Waals surface area contributed by atoms with E-state index < -0.39 is 6.10 Å². The Hall–Kier alpha value is -2.20. The highest BCUT2D eigenvalue weighted by Crippen LogP contribution is 2.28. The molecule has 2 rings (SSSR count). The molecule has 0 radical (unpaired) electrons. The summed E-state index contributed by atoms with van der Waals surface area (Å²) in [4.78, 5) is 12.3. The van der Waals surface area contributed by atoms with Crippen LogP contribution in [0.5, 0.6) is 11.5 Å². The molecule has 0 aliphatic rings. The maximum absolute atomic E-state index is 12.3. The van der Waals surface area contributed by atoms with Crippen molar-refractivity contribution in [2.24, 2.45) is 0 Å². The maximum Gasteiger partial charge on any atom is 0.265 e. The van der Waals surface area contributed by atoms with E-state index in [0.29, 0.717) is 22.2 Å². The van der Waals surface area contributed by atoms with Crippen LogP contribution in [0.25, 0.3) is 0 Å². The van der Waals surface area contributed by atoms with Gasteiger partial charge in [-0.15, -0.1) is 0 Å². The van der Waals surface area contributed by atoms with E-state index in [9.17, 15) is 4.79 Å². The molecule has 1 N–H and O–H groups in total. The smallest absolute Gasteiger partial charge is 0.265 e. The van der Waals surface area contributed by atoms with Crippen LogP contribution >= 0.6 is 11.6 Å². The predicted octanol–water partition coefficient (Wildman–Crippen LogP) is 4.06. The van der Waals surface area contributed by atoms with Gasteiger partial charge in [0.25, 0.3) is 5.91 Å². The molecule has 0 saturated carbocycles. The van der Waals surface area contributed by atoms with Gasteiger partial charge in [0.15, 0.2) is 6.10 Å². The zero-order valence-electron chi connectivity index (χ0n) is 12.7. The molecule has 2 aromatic carbocycles. The first-order valence-corrected chi connectivity index (χ1v) is 7.25. The highest BCUT2D eigenvalue weighted by atomic mass is 35.5. The first-order valence-electron chi connectivity index (χ1n) is 6.88. The van der Waals surface area contributed by atoms with Gasteiger partial charge in [0, 0.05) is 5.02 Å². The summed E-state index contributed by atoms with van der Waals surface area (Å²) < 4.78 is 10.9. The lowest BCUT2D eigenvalue weighted by atomic mass is 10.2. The van der Waals surface area contributed by atoms with E-state index in [1.807, 2.05) is 31.2 Å². The molecule has 1 atom stereocenters. The Balaban J connectivity index is 2.09. The standard InChI is InChI=1S/C17H18ClNO3/c1-11-6-4-5-7-15(11)22-12(2)17(20)19-14-10-13(18)8-9-16(14)21-3/h4-10,12H,1-3H3,(H,19,20)/t12-/m1/s1. The number of anilines is 1. The zero-order chi connectivity index (χ0) is 16.1. The molecule has 0 heterocycles. The Labute approximate surface area is 135 Å². The van der Waals surface area contributed by atoms with Crippen LogP contribution in [0.15, 0.2) is 42.5 Å². The largest absolute Gasteiger partial charge is 0.495 e. The number of rotatable bonds is 5. The Morgan fingerprint density at radius 2 is 1.91 bits per heavy atom. The number of hydrogen-bond acceptors (Lipinski definition) is 3. The Morgan fingerprint density at radius 3 is 2.59 bits per heavy atom. The quantitative estimate of drug-likeness (QED) is 0.904. The van der Waals surface area contributed by atoms with E-state index in [2.05, 4.69) is 5.32 Å². The molecule has 0 fully saturated rings. The third kappa shape index (κ3) is 3.92. The Bertz CT molecular complexity index is 673. The van der Waals surface area contributed by atoms with Crippen molar-refractivity contribution in [3.63, 3.8) is 0 Å². The van der Waals surface area contributed by atoms with Crippen molar-refractivity contribution in [3.8, 4) is 11.5 Å². The monoisotopic (exact) mass is 319 g/mol. The number of para-hydroxylation sites is 1. The summed E-state index contributed by atoms with van der Waals surface area (Å²) in [7, 11) is 1.53. The molecule has 22 heavy (non-hydrogen) atoms. The zero-order valence-corrected chi connectivity index (χ0v) is 13.5.